The van der Waals surface area contributed by atoms with E-state index in [2.05, 4.69) is 0 Å². The molecule has 0 aliphatic heterocycles. The second kappa shape index (κ2) is 5.51. The molecular formula is C15H15ClFN. The maximum Gasteiger partial charge on any atom is 0.128 e. The Bertz CT molecular complexity index is 522. The molecule has 0 heterocycles. The van der Waals surface area contributed by atoms with E-state index in [1.54, 1.807) is 6.07 Å². The molecule has 2 aromatic carbocycles. The lowest BCUT2D eigenvalue weighted by molar-refractivity contribution is 0.334. The maximum absolute atomic E-state index is 13.9. The van der Waals surface area contributed by atoms with Crippen LogP contribution in [0.15, 0.2) is 48.5 Å². The SMILES string of the molecule is CN(C)C(c1ccc(Cl)cc1)c1ccccc1F. The third-order valence-electron chi connectivity index (χ3n) is 2.90. The highest BCUT2D eigenvalue weighted by Crippen LogP contribution is 2.29. The monoisotopic (exact) mass is 263 g/mol. The van der Waals surface area contributed by atoms with Crippen LogP contribution in [-0.4, -0.2) is 19.0 Å². The number of rotatable bonds is 3. The molecule has 0 aliphatic carbocycles. The number of benzene rings is 2. The van der Waals surface area contributed by atoms with Crippen LogP contribution in [0.25, 0.3) is 0 Å². The molecule has 0 bridgehead atoms. The average Bonchev–Trinajstić information content (AvgIpc) is 2.34. The lowest BCUT2D eigenvalue weighted by atomic mass is 9.97. The van der Waals surface area contributed by atoms with Crippen molar-refractivity contribution in [1.82, 2.24) is 4.90 Å². The van der Waals surface area contributed by atoms with E-state index in [4.69, 9.17) is 11.6 Å². The largest absolute Gasteiger partial charge is 0.298 e. The quantitative estimate of drug-likeness (QED) is 0.805. The number of hydrogen-bond acceptors (Lipinski definition) is 1. The fourth-order valence-electron chi connectivity index (χ4n) is 2.10. The van der Waals surface area contributed by atoms with Crippen LogP contribution in [0.5, 0.6) is 0 Å². The first kappa shape index (κ1) is 13.1. The van der Waals surface area contributed by atoms with Gasteiger partial charge in [-0.3, -0.25) is 4.90 Å². The normalized spacial score (nSPS) is 12.7. The molecule has 0 fully saturated rings. The summed E-state index contributed by atoms with van der Waals surface area (Å²) in [6.07, 6.45) is 0. The summed E-state index contributed by atoms with van der Waals surface area (Å²) in [5.41, 5.74) is 1.69. The van der Waals surface area contributed by atoms with E-state index in [1.165, 1.54) is 6.07 Å². The highest BCUT2D eigenvalue weighted by atomic mass is 35.5. The molecule has 0 aromatic heterocycles. The van der Waals surface area contributed by atoms with Gasteiger partial charge in [0.15, 0.2) is 0 Å². The highest BCUT2D eigenvalue weighted by Gasteiger charge is 2.19. The van der Waals surface area contributed by atoms with Crippen LogP contribution in [0.1, 0.15) is 17.2 Å². The number of hydrogen-bond donors (Lipinski definition) is 0. The molecule has 1 nitrogen and oxygen atoms in total. The van der Waals surface area contributed by atoms with Crippen molar-refractivity contribution < 1.29 is 4.39 Å². The van der Waals surface area contributed by atoms with Gasteiger partial charge in [-0.1, -0.05) is 41.9 Å². The zero-order chi connectivity index (χ0) is 13.1. The van der Waals surface area contributed by atoms with Crippen LogP contribution < -0.4 is 0 Å². The smallest absolute Gasteiger partial charge is 0.128 e. The van der Waals surface area contributed by atoms with E-state index in [0.717, 1.165) is 5.56 Å². The Labute approximate surface area is 112 Å². The van der Waals surface area contributed by atoms with Crippen molar-refractivity contribution in [3.05, 3.63) is 70.5 Å². The van der Waals surface area contributed by atoms with Gasteiger partial charge in [-0.2, -0.15) is 0 Å². The topological polar surface area (TPSA) is 3.24 Å². The summed E-state index contributed by atoms with van der Waals surface area (Å²) in [4.78, 5) is 1.99. The minimum atomic E-state index is -0.189. The van der Waals surface area contributed by atoms with Crippen molar-refractivity contribution in [2.24, 2.45) is 0 Å². The molecule has 0 radical (unpaired) electrons. The van der Waals surface area contributed by atoms with Gasteiger partial charge in [0.25, 0.3) is 0 Å². The van der Waals surface area contributed by atoms with Gasteiger partial charge in [-0.05, 0) is 37.9 Å². The van der Waals surface area contributed by atoms with Crippen LogP contribution in [0.4, 0.5) is 4.39 Å². The molecule has 94 valence electrons. The van der Waals surface area contributed by atoms with Crippen LogP contribution in [0.2, 0.25) is 5.02 Å². The third kappa shape index (κ3) is 2.71. The molecule has 0 amide bonds. The predicted molar refractivity (Wildman–Crippen MR) is 73.4 cm³/mol. The van der Waals surface area contributed by atoms with Gasteiger partial charge in [0.2, 0.25) is 0 Å². The Hall–Kier alpha value is -1.38. The summed E-state index contributed by atoms with van der Waals surface area (Å²) in [6.45, 7) is 0. The predicted octanol–water partition coefficient (Wildman–Crippen LogP) is 4.13. The van der Waals surface area contributed by atoms with Crippen molar-refractivity contribution in [1.29, 1.82) is 0 Å². The summed E-state index contributed by atoms with van der Waals surface area (Å²) >= 11 is 5.89. The van der Waals surface area contributed by atoms with Crippen LogP contribution in [0, 0.1) is 5.82 Å². The molecule has 18 heavy (non-hydrogen) atoms. The van der Waals surface area contributed by atoms with E-state index in [-0.39, 0.29) is 11.9 Å². The second-order valence-electron chi connectivity index (χ2n) is 4.44. The Kier molecular flexibility index (Phi) is 4.00. The molecule has 0 spiro atoms. The first-order valence-corrected chi connectivity index (χ1v) is 6.13. The lowest BCUT2D eigenvalue weighted by Gasteiger charge is -2.25. The van der Waals surface area contributed by atoms with Crippen LogP contribution in [-0.2, 0) is 0 Å². The molecule has 2 rings (SSSR count). The second-order valence-corrected chi connectivity index (χ2v) is 4.88. The molecule has 1 unspecified atom stereocenters. The zero-order valence-electron chi connectivity index (χ0n) is 10.4. The minimum Gasteiger partial charge on any atom is -0.298 e. The number of nitrogens with zero attached hydrogens (tertiary/aromatic N) is 1. The van der Waals surface area contributed by atoms with Gasteiger partial charge in [-0.15, -0.1) is 0 Å². The average molecular weight is 264 g/mol. The third-order valence-corrected chi connectivity index (χ3v) is 3.15. The number of halogens is 2. The Morgan fingerprint density at radius 3 is 2.17 bits per heavy atom. The Morgan fingerprint density at radius 1 is 1.00 bits per heavy atom. The molecular weight excluding hydrogens is 249 g/mol. The van der Waals surface area contributed by atoms with E-state index in [0.29, 0.717) is 10.6 Å². The van der Waals surface area contributed by atoms with Crippen molar-refractivity contribution in [3.8, 4) is 0 Å². The molecule has 0 saturated heterocycles. The van der Waals surface area contributed by atoms with E-state index in [9.17, 15) is 4.39 Å². The van der Waals surface area contributed by atoms with Gasteiger partial charge >= 0.3 is 0 Å². The molecule has 0 saturated carbocycles. The highest BCUT2D eigenvalue weighted by molar-refractivity contribution is 6.30. The summed E-state index contributed by atoms with van der Waals surface area (Å²) < 4.78 is 13.9. The van der Waals surface area contributed by atoms with Gasteiger partial charge < -0.3 is 0 Å². The summed E-state index contributed by atoms with van der Waals surface area (Å²) in [6, 6.07) is 14.3. The summed E-state index contributed by atoms with van der Waals surface area (Å²) in [5.74, 6) is -0.189. The van der Waals surface area contributed by atoms with Crippen molar-refractivity contribution >= 4 is 11.6 Å². The Morgan fingerprint density at radius 2 is 1.61 bits per heavy atom. The fraction of sp³-hybridized carbons (Fsp3) is 0.200. The van der Waals surface area contributed by atoms with Crippen LogP contribution >= 0.6 is 11.6 Å². The molecule has 1 atom stereocenters. The van der Waals surface area contributed by atoms with Gasteiger partial charge in [0, 0.05) is 10.6 Å². The lowest BCUT2D eigenvalue weighted by Crippen LogP contribution is -2.22. The van der Waals surface area contributed by atoms with Gasteiger partial charge in [0.05, 0.1) is 6.04 Å². The van der Waals surface area contributed by atoms with Gasteiger partial charge in [0.1, 0.15) is 5.82 Å². The maximum atomic E-state index is 13.9. The molecule has 0 N–H and O–H groups in total. The fourth-order valence-corrected chi connectivity index (χ4v) is 2.22. The van der Waals surface area contributed by atoms with Crippen molar-refractivity contribution in [2.75, 3.05) is 14.1 Å². The summed E-state index contributed by atoms with van der Waals surface area (Å²) in [7, 11) is 3.87. The molecule has 3 heteroatoms. The zero-order valence-corrected chi connectivity index (χ0v) is 11.2. The van der Waals surface area contributed by atoms with Gasteiger partial charge in [-0.25, -0.2) is 4.39 Å². The minimum absolute atomic E-state index is 0.108. The van der Waals surface area contributed by atoms with Crippen LogP contribution in [0.3, 0.4) is 0 Å². The van der Waals surface area contributed by atoms with E-state index >= 15 is 0 Å². The van der Waals surface area contributed by atoms with Crippen molar-refractivity contribution in [2.45, 2.75) is 6.04 Å². The summed E-state index contributed by atoms with van der Waals surface area (Å²) in [5, 5.41) is 0.685. The molecule has 0 aliphatic rings. The first-order chi connectivity index (χ1) is 8.59. The molecule has 2 aromatic rings. The Balaban J connectivity index is 2.47. The van der Waals surface area contributed by atoms with Crippen molar-refractivity contribution in [3.63, 3.8) is 0 Å². The standard InChI is InChI=1S/C15H15ClFN/c1-18(2)15(11-7-9-12(16)10-8-11)13-5-3-4-6-14(13)17/h3-10,15H,1-2H3. The van der Waals surface area contributed by atoms with E-state index in [1.807, 2.05) is 55.4 Å². The first-order valence-electron chi connectivity index (χ1n) is 5.76. The van der Waals surface area contributed by atoms with E-state index < -0.39 is 0 Å².